The lowest BCUT2D eigenvalue weighted by Gasteiger charge is -2.14. The van der Waals surface area contributed by atoms with Gasteiger partial charge in [0.2, 0.25) is 5.82 Å². The van der Waals surface area contributed by atoms with Crippen LogP contribution in [0.2, 0.25) is 0 Å². The minimum absolute atomic E-state index is 0.0174. The summed E-state index contributed by atoms with van der Waals surface area (Å²) >= 11 is 1.72. The second-order valence-corrected chi connectivity index (χ2v) is 6.01. The van der Waals surface area contributed by atoms with Crippen LogP contribution in [0.25, 0.3) is 11.2 Å². The van der Waals surface area contributed by atoms with E-state index in [9.17, 15) is 13.2 Å². The highest BCUT2D eigenvalue weighted by atomic mass is 32.2. The minimum Gasteiger partial charge on any atom is -0.367 e. The van der Waals surface area contributed by atoms with Crippen LogP contribution in [-0.4, -0.2) is 37.5 Å². The Morgan fingerprint density at radius 1 is 1.40 bits per heavy atom. The zero-order valence-electron chi connectivity index (χ0n) is 10.6. The Morgan fingerprint density at radius 2 is 2.15 bits per heavy atom. The summed E-state index contributed by atoms with van der Waals surface area (Å²) in [6.07, 6.45) is 0.850. The molecule has 0 unspecified atom stereocenters. The number of imidazole rings is 1. The Labute approximate surface area is 116 Å². The van der Waals surface area contributed by atoms with Gasteiger partial charge in [0.25, 0.3) is 0 Å². The number of rotatable bonds is 4. The van der Waals surface area contributed by atoms with E-state index in [4.69, 9.17) is 0 Å². The lowest BCUT2D eigenvalue weighted by molar-refractivity contribution is -0.144. The fourth-order valence-corrected chi connectivity index (χ4v) is 2.65. The largest absolute Gasteiger partial charge is 0.451 e. The van der Waals surface area contributed by atoms with E-state index in [2.05, 4.69) is 25.3 Å². The van der Waals surface area contributed by atoms with Crippen LogP contribution in [0.1, 0.15) is 18.7 Å². The minimum atomic E-state index is -4.58. The van der Waals surface area contributed by atoms with E-state index >= 15 is 0 Å². The normalized spacial score (nSPS) is 17.4. The molecule has 0 amide bonds. The van der Waals surface area contributed by atoms with Crippen molar-refractivity contribution in [3.63, 3.8) is 0 Å². The van der Waals surface area contributed by atoms with Gasteiger partial charge in [-0.3, -0.25) is 0 Å². The number of hydrogen-bond acceptors (Lipinski definition) is 5. The maximum absolute atomic E-state index is 12.8. The van der Waals surface area contributed by atoms with Gasteiger partial charge in [0.05, 0.1) is 6.33 Å². The second kappa shape index (κ2) is 4.51. The summed E-state index contributed by atoms with van der Waals surface area (Å²) in [5.74, 6) is -1.02. The van der Waals surface area contributed by atoms with Gasteiger partial charge in [-0.1, -0.05) is 0 Å². The topological polar surface area (TPSA) is 66.5 Å². The highest BCUT2D eigenvalue weighted by Gasteiger charge is 2.42. The first kappa shape index (κ1) is 13.5. The average molecular weight is 303 g/mol. The Bertz CT molecular complexity index is 635. The van der Waals surface area contributed by atoms with Gasteiger partial charge in [-0.15, -0.1) is 0 Å². The number of nitrogens with one attached hydrogen (secondary N) is 2. The Morgan fingerprint density at radius 3 is 2.75 bits per heavy atom. The average Bonchev–Trinajstić information content (AvgIpc) is 3.02. The molecule has 0 saturated heterocycles. The molecule has 1 aliphatic rings. The van der Waals surface area contributed by atoms with Crippen molar-refractivity contribution in [3.05, 3.63) is 12.2 Å². The molecule has 2 heterocycles. The van der Waals surface area contributed by atoms with Crippen LogP contribution in [-0.2, 0) is 6.18 Å². The highest BCUT2D eigenvalue weighted by Crippen LogP contribution is 2.47. The molecule has 0 bridgehead atoms. The lowest BCUT2D eigenvalue weighted by atomic mass is 10.4. The van der Waals surface area contributed by atoms with Crippen LogP contribution in [0.3, 0.4) is 0 Å². The van der Waals surface area contributed by atoms with Gasteiger partial charge in [-0.25, -0.2) is 15.0 Å². The molecular formula is C11H12F3N5S. The molecule has 9 heteroatoms. The highest BCUT2D eigenvalue weighted by molar-refractivity contribution is 8.00. The molecule has 2 aromatic heterocycles. The number of halogens is 3. The summed E-state index contributed by atoms with van der Waals surface area (Å²) in [5.41, 5.74) is 0.415. The Hall–Kier alpha value is -1.51. The van der Waals surface area contributed by atoms with Crippen LogP contribution in [0.4, 0.5) is 19.0 Å². The van der Waals surface area contributed by atoms with Crippen molar-refractivity contribution in [2.45, 2.75) is 23.8 Å². The summed E-state index contributed by atoms with van der Waals surface area (Å²) in [7, 11) is 0. The van der Waals surface area contributed by atoms with Crippen LogP contribution < -0.4 is 5.32 Å². The monoisotopic (exact) mass is 303 g/mol. The number of alkyl halides is 3. The summed E-state index contributed by atoms with van der Waals surface area (Å²) in [6, 6.07) is 0. The molecule has 0 aromatic carbocycles. The number of anilines is 1. The predicted octanol–water partition coefficient (Wildman–Crippen LogP) is 2.68. The molecular weight excluding hydrogens is 291 g/mol. The summed E-state index contributed by atoms with van der Waals surface area (Å²) in [6.45, 7) is 0.580. The van der Waals surface area contributed by atoms with Gasteiger partial charge in [0.1, 0.15) is 5.52 Å². The van der Waals surface area contributed by atoms with E-state index in [1.807, 2.05) is 6.26 Å². The first-order valence-corrected chi connectivity index (χ1v) is 7.23. The molecule has 108 valence electrons. The van der Waals surface area contributed by atoms with Crippen molar-refractivity contribution in [2.75, 3.05) is 18.1 Å². The first-order chi connectivity index (χ1) is 9.43. The number of thioether (sulfide) groups is 1. The fourth-order valence-electron chi connectivity index (χ4n) is 1.93. The van der Waals surface area contributed by atoms with Crippen molar-refractivity contribution >= 4 is 28.7 Å². The van der Waals surface area contributed by atoms with Crippen LogP contribution in [0, 0.1) is 0 Å². The maximum Gasteiger partial charge on any atom is 0.451 e. The molecule has 3 rings (SSSR count). The van der Waals surface area contributed by atoms with E-state index in [0.29, 0.717) is 12.1 Å². The second-order valence-electron chi connectivity index (χ2n) is 4.74. The van der Waals surface area contributed by atoms with Gasteiger partial charge >= 0.3 is 6.18 Å². The predicted molar refractivity (Wildman–Crippen MR) is 70.7 cm³/mol. The molecule has 20 heavy (non-hydrogen) atoms. The lowest BCUT2D eigenvalue weighted by Crippen LogP contribution is -2.20. The third kappa shape index (κ3) is 2.41. The smallest absolute Gasteiger partial charge is 0.367 e. The van der Waals surface area contributed by atoms with Gasteiger partial charge in [0, 0.05) is 11.3 Å². The Kier molecular flexibility index (Phi) is 3.03. The summed E-state index contributed by atoms with van der Waals surface area (Å²) in [4.78, 5) is 13.6. The van der Waals surface area contributed by atoms with Crippen molar-refractivity contribution in [1.82, 2.24) is 19.9 Å². The Balaban J connectivity index is 1.93. The van der Waals surface area contributed by atoms with Crippen molar-refractivity contribution in [2.24, 2.45) is 0 Å². The van der Waals surface area contributed by atoms with E-state index < -0.39 is 12.0 Å². The number of aromatic nitrogens is 4. The van der Waals surface area contributed by atoms with Gasteiger partial charge in [-0.2, -0.15) is 24.9 Å². The number of aromatic amines is 1. The van der Waals surface area contributed by atoms with Crippen molar-refractivity contribution in [1.29, 1.82) is 0 Å². The molecule has 5 nitrogen and oxygen atoms in total. The maximum atomic E-state index is 12.8. The molecule has 0 spiro atoms. The van der Waals surface area contributed by atoms with Crippen molar-refractivity contribution in [3.8, 4) is 0 Å². The third-order valence-electron chi connectivity index (χ3n) is 3.36. The van der Waals surface area contributed by atoms with Gasteiger partial charge in [-0.05, 0) is 19.1 Å². The molecule has 0 radical (unpaired) electrons. The molecule has 1 fully saturated rings. The number of H-pyrrole nitrogens is 1. The van der Waals surface area contributed by atoms with Crippen LogP contribution in [0.5, 0.6) is 0 Å². The van der Waals surface area contributed by atoms with Crippen molar-refractivity contribution < 1.29 is 13.2 Å². The zero-order valence-corrected chi connectivity index (χ0v) is 11.4. The van der Waals surface area contributed by atoms with E-state index in [1.54, 1.807) is 11.8 Å². The van der Waals surface area contributed by atoms with Crippen LogP contribution >= 0.6 is 11.8 Å². The van der Waals surface area contributed by atoms with Crippen LogP contribution in [0.15, 0.2) is 6.33 Å². The molecule has 2 aromatic rings. The molecule has 0 atom stereocenters. The SMILES string of the molecule is CSC1(CNc2nc(C(F)(F)F)nc3nc[nH]c23)CC1. The zero-order chi connectivity index (χ0) is 14.4. The molecule has 1 aliphatic carbocycles. The fraction of sp³-hybridized carbons (Fsp3) is 0.545. The quantitative estimate of drug-likeness (QED) is 0.909. The first-order valence-electron chi connectivity index (χ1n) is 6.01. The van der Waals surface area contributed by atoms with Gasteiger partial charge in [0.15, 0.2) is 11.5 Å². The van der Waals surface area contributed by atoms with E-state index in [0.717, 1.165) is 12.8 Å². The molecule has 1 saturated carbocycles. The molecule has 2 N–H and O–H groups in total. The molecule has 0 aliphatic heterocycles. The summed E-state index contributed by atoms with van der Waals surface area (Å²) in [5, 5.41) is 3.00. The number of nitrogens with zero attached hydrogens (tertiary/aromatic N) is 3. The van der Waals surface area contributed by atoms with E-state index in [-0.39, 0.29) is 16.2 Å². The third-order valence-corrected chi connectivity index (χ3v) is 4.78. The van der Waals surface area contributed by atoms with E-state index in [1.165, 1.54) is 6.33 Å². The summed E-state index contributed by atoms with van der Waals surface area (Å²) < 4.78 is 38.4. The van der Waals surface area contributed by atoms with Gasteiger partial charge < -0.3 is 10.3 Å². The number of hydrogen-bond donors (Lipinski definition) is 2. The standard InChI is InChI=1S/C11H12F3N5S/c1-20-10(2-3-10)4-15-7-6-8(17-5-16-6)19-9(18-7)11(12,13)14/h5H,2-4H2,1H3,(H2,15,16,17,18,19). The number of fused-ring (bicyclic) bond motifs is 1.